The molecule has 0 atom stereocenters. The molecule has 0 amide bonds. The lowest BCUT2D eigenvalue weighted by atomic mass is 10.1. The predicted octanol–water partition coefficient (Wildman–Crippen LogP) is 2.58. The van der Waals surface area contributed by atoms with Crippen LogP contribution < -0.4 is 10.4 Å². The summed E-state index contributed by atoms with van der Waals surface area (Å²) >= 11 is 1.45. The van der Waals surface area contributed by atoms with Gasteiger partial charge in [0.2, 0.25) is 0 Å². The molecule has 4 heteroatoms. The third-order valence-electron chi connectivity index (χ3n) is 2.96. The van der Waals surface area contributed by atoms with Gasteiger partial charge in [-0.1, -0.05) is 18.2 Å². The fourth-order valence-electron chi connectivity index (χ4n) is 2.20. The first-order valence-corrected chi connectivity index (χ1v) is 6.18. The Morgan fingerprint density at radius 1 is 1.24 bits per heavy atom. The van der Waals surface area contributed by atoms with E-state index in [0.717, 1.165) is 26.6 Å². The van der Waals surface area contributed by atoms with Gasteiger partial charge in [0, 0.05) is 10.8 Å². The highest BCUT2D eigenvalue weighted by atomic mass is 32.1. The van der Waals surface area contributed by atoms with Crippen LogP contribution in [0.1, 0.15) is 5.56 Å². The summed E-state index contributed by atoms with van der Waals surface area (Å²) in [5, 5.41) is 4.00. The molecule has 2 heterocycles. The highest BCUT2D eigenvalue weighted by molar-refractivity contribution is 7.17. The van der Waals surface area contributed by atoms with E-state index in [4.69, 9.17) is 4.84 Å². The van der Waals surface area contributed by atoms with E-state index in [1.54, 1.807) is 0 Å². The zero-order valence-electron chi connectivity index (χ0n) is 9.56. The monoisotopic (exact) mass is 245 g/mol. The second-order valence-electron chi connectivity index (χ2n) is 3.92. The zero-order valence-corrected chi connectivity index (χ0v) is 10.4. The Morgan fingerprint density at radius 3 is 2.82 bits per heavy atom. The molecule has 0 N–H and O–H groups in total. The van der Waals surface area contributed by atoms with Gasteiger partial charge in [-0.05, 0) is 23.9 Å². The van der Waals surface area contributed by atoms with E-state index in [1.807, 2.05) is 36.6 Å². The summed E-state index contributed by atoms with van der Waals surface area (Å²) < 4.78 is 2.12. The zero-order chi connectivity index (χ0) is 12.0. The van der Waals surface area contributed by atoms with Gasteiger partial charge in [0.25, 0.3) is 0 Å². The lowest BCUT2D eigenvalue weighted by molar-refractivity contribution is 0.170. The van der Waals surface area contributed by atoms with Crippen LogP contribution in [0.3, 0.4) is 0 Å². The second kappa shape index (κ2) is 3.60. The number of aromatic nitrogens is 1. The molecule has 0 aliphatic carbocycles. The Hall–Kier alpha value is -1.81. The van der Waals surface area contributed by atoms with E-state index in [9.17, 15) is 4.79 Å². The molecule has 0 aliphatic heterocycles. The third-order valence-corrected chi connectivity index (χ3v) is 3.86. The first-order chi connectivity index (χ1) is 8.24. The van der Waals surface area contributed by atoms with Crippen molar-refractivity contribution in [3.05, 3.63) is 45.6 Å². The number of aryl methyl sites for hydroxylation is 1. The molecule has 0 fully saturated rings. The van der Waals surface area contributed by atoms with Crippen molar-refractivity contribution in [2.24, 2.45) is 0 Å². The maximum atomic E-state index is 12.2. The van der Waals surface area contributed by atoms with E-state index < -0.39 is 0 Å². The highest BCUT2D eigenvalue weighted by Crippen LogP contribution is 2.27. The van der Waals surface area contributed by atoms with Crippen LogP contribution in [0, 0.1) is 6.92 Å². The molecule has 0 aliphatic rings. The van der Waals surface area contributed by atoms with Crippen LogP contribution in [-0.2, 0) is 0 Å². The van der Waals surface area contributed by atoms with Crippen molar-refractivity contribution < 1.29 is 4.84 Å². The van der Waals surface area contributed by atoms with Gasteiger partial charge in [0.05, 0.1) is 5.52 Å². The normalized spacial score (nSPS) is 11.2. The topological polar surface area (TPSA) is 31.2 Å². The molecule has 17 heavy (non-hydrogen) atoms. The second-order valence-corrected chi connectivity index (χ2v) is 4.83. The highest BCUT2D eigenvalue weighted by Gasteiger charge is 2.13. The first-order valence-electron chi connectivity index (χ1n) is 5.30. The van der Waals surface area contributed by atoms with Crippen LogP contribution >= 0.6 is 11.3 Å². The van der Waals surface area contributed by atoms with Crippen molar-refractivity contribution >= 4 is 32.3 Å². The van der Waals surface area contributed by atoms with Crippen molar-refractivity contribution in [1.29, 1.82) is 0 Å². The average molecular weight is 245 g/mol. The summed E-state index contributed by atoms with van der Waals surface area (Å²) in [4.78, 5) is 17.5. The lowest BCUT2D eigenvalue weighted by Crippen LogP contribution is -2.25. The number of benzene rings is 1. The molecule has 0 unspecified atom stereocenters. The first kappa shape index (κ1) is 10.4. The third kappa shape index (κ3) is 1.31. The van der Waals surface area contributed by atoms with Gasteiger partial charge in [-0.3, -0.25) is 4.79 Å². The Labute approximate surface area is 102 Å². The van der Waals surface area contributed by atoms with Crippen LogP contribution in [-0.4, -0.2) is 11.8 Å². The Balaban J connectivity index is 2.72. The number of rotatable bonds is 1. The van der Waals surface area contributed by atoms with Crippen molar-refractivity contribution in [1.82, 2.24) is 4.73 Å². The molecule has 0 radical (unpaired) electrons. The Bertz CT molecular complexity index is 770. The number of hydrogen-bond acceptors (Lipinski definition) is 3. The molecule has 3 aromatic rings. The van der Waals surface area contributed by atoms with E-state index in [0.29, 0.717) is 0 Å². The molecule has 1 aromatic carbocycles. The summed E-state index contributed by atoms with van der Waals surface area (Å²) in [6, 6.07) is 7.99. The van der Waals surface area contributed by atoms with Crippen molar-refractivity contribution in [2.75, 3.05) is 7.11 Å². The minimum absolute atomic E-state index is 0.0840. The van der Waals surface area contributed by atoms with Crippen molar-refractivity contribution in [2.45, 2.75) is 6.92 Å². The summed E-state index contributed by atoms with van der Waals surface area (Å²) in [7, 11) is 1.52. The number of para-hydroxylation sites is 1. The van der Waals surface area contributed by atoms with Crippen LogP contribution in [0.25, 0.3) is 21.0 Å². The molecule has 86 valence electrons. The molecule has 0 spiro atoms. The van der Waals surface area contributed by atoms with Gasteiger partial charge in [0.15, 0.2) is 0 Å². The number of fused-ring (bicyclic) bond motifs is 3. The van der Waals surface area contributed by atoms with Gasteiger partial charge >= 0.3 is 5.56 Å². The predicted molar refractivity (Wildman–Crippen MR) is 70.8 cm³/mol. The Morgan fingerprint density at radius 2 is 2.06 bits per heavy atom. The molecular formula is C13H11NO2S. The number of nitrogens with zero attached hydrogens (tertiary/aromatic N) is 1. The molecule has 3 nitrogen and oxygen atoms in total. The van der Waals surface area contributed by atoms with Crippen LogP contribution in [0.15, 0.2) is 34.4 Å². The lowest BCUT2D eigenvalue weighted by Gasteiger charge is -2.11. The van der Waals surface area contributed by atoms with Gasteiger partial charge in [-0.2, -0.15) is 0 Å². The minimum Gasteiger partial charge on any atom is -0.413 e. The fourth-order valence-corrected chi connectivity index (χ4v) is 3.03. The molecule has 2 aromatic heterocycles. The van der Waals surface area contributed by atoms with E-state index >= 15 is 0 Å². The van der Waals surface area contributed by atoms with Crippen LogP contribution in [0.2, 0.25) is 0 Å². The summed E-state index contributed by atoms with van der Waals surface area (Å²) in [6.45, 7) is 1.98. The molecule has 0 saturated heterocycles. The summed E-state index contributed by atoms with van der Waals surface area (Å²) in [5.74, 6) is 0. The van der Waals surface area contributed by atoms with E-state index in [1.165, 1.54) is 23.2 Å². The summed E-state index contributed by atoms with van der Waals surface area (Å²) in [6.07, 6.45) is 0. The van der Waals surface area contributed by atoms with Gasteiger partial charge in [-0.15, -0.1) is 16.1 Å². The van der Waals surface area contributed by atoms with Gasteiger partial charge in [-0.25, -0.2) is 0 Å². The molecule has 3 rings (SSSR count). The van der Waals surface area contributed by atoms with E-state index in [-0.39, 0.29) is 5.56 Å². The molecular weight excluding hydrogens is 234 g/mol. The SMILES string of the molecule is COn1c(=O)c2sccc2c2cccc(C)c21. The molecule has 0 saturated carbocycles. The van der Waals surface area contributed by atoms with E-state index in [2.05, 4.69) is 0 Å². The smallest absolute Gasteiger partial charge is 0.301 e. The van der Waals surface area contributed by atoms with Gasteiger partial charge < -0.3 is 4.84 Å². The number of thiophene rings is 1. The summed E-state index contributed by atoms with van der Waals surface area (Å²) in [5.41, 5.74) is 1.81. The largest absolute Gasteiger partial charge is 0.413 e. The maximum Gasteiger partial charge on any atom is 0.301 e. The van der Waals surface area contributed by atoms with Crippen LogP contribution in [0.5, 0.6) is 0 Å². The maximum absolute atomic E-state index is 12.2. The van der Waals surface area contributed by atoms with Crippen LogP contribution in [0.4, 0.5) is 0 Å². The van der Waals surface area contributed by atoms with Crippen molar-refractivity contribution in [3.8, 4) is 0 Å². The number of hydrogen-bond donors (Lipinski definition) is 0. The molecule has 0 bridgehead atoms. The average Bonchev–Trinajstić information content (AvgIpc) is 2.80. The number of pyridine rings is 1. The minimum atomic E-state index is -0.0840. The Kier molecular flexibility index (Phi) is 2.19. The van der Waals surface area contributed by atoms with Gasteiger partial charge in [0.1, 0.15) is 11.8 Å². The fraction of sp³-hybridized carbons (Fsp3) is 0.154. The standard InChI is InChI=1S/C13H11NO2S/c1-8-4-3-5-9-10-6-7-17-12(10)13(15)14(16-2)11(8)9/h3-7H,1-2H3. The quantitative estimate of drug-likeness (QED) is 0.660. The van der Waals surface area contributed by atoms with Crippen molar-refractivity contribution in [3.63, 3.8) is 0 Å².